The van der Waals surface area contributed by atoms with Crippen molar-refractivity contribution < 1.29 is 17.6 Å². The van der Waals surface area contributed by atoms with Crippen LogP contribution in [-0.4, -0.2) is 24.9 Å². The number of benzene rings is 3. The quantitative estimate of drug-likeness (QED) is 0.275. The molecule has 0 radical (unpaired) electrons. The normalized spacial score (nSPS) is 11.4. The van der Waals surface area contributed by atoms with Crippen LogP contribution in [0.2, 0.25) is 0 Å². The van der Waals surface area contributed by atoms with E-state index in [2.05, 4.69) is 4.98 Å². The van der Waals surface area contributed by atoms with Gasteiger partial charge in [0.2, 0.25) is 25.8 Å². The van der Waals surface area contributed by atoms with Crippen LogP contribution in [0.1, 0.15) is 15.9 Å². The minimum Gasteiger partial charge on any atom is -0.428 e. The smallest absolute Gasteiger partial charge is 0.228 e. The predicted molar refractivity (Wildman–Crippen MR) is 120 cm³/mol. The van der Waals surface area contributed by atoms with Crippen LogP contribution in [0.25, 0.3) is 11.5 Å². The van der Waals surface area contributed by atoms with E-state index < -0.39 is 9.84 Å². The van der Waals surface area contributed by atoms with Gasteiger partial charge in [-0.15, -0.1) is 0 Å². The summed E-state index contributed by atoms with van der Waals surface area (Å²) < 4.78 is 32.4. The van der Waals surface area contributed by atoms with Crippen molar-refractivity contribution in [3.05, 3.63) is 96.1 Å². The highest BCUT2D eigenvalue weighted by atomic mass is 32.2. The van der Waals surface area contributed by atoms with Gasteiger partial charge in [-0.1, -0.05) is 78.0 Å². The van der Waals surface area contributed by atoms with E-state index in [0.29, 0.717) is 11.1 Å². The summed E-state index contributed by atoms with van der Waals surface area (Å²) in [6.07, 6.45) is 0. The van der Waals surface area contributed by atoms with Gasteiger partial charge in [0.1, 0.15) is 0 Å². The molecule has 0 aliphatic carbocycles. The molecule has 7 heteroatoms. The topological polar surface area (TPSA) is 77.2 Å². The van der Waals surface area contributed by atoms with Crippen LogP contribution >= 0.6 is 11.8 Å². The Morgan fingerprint density at radius 3 is 2.16 bits per heavy atom. The van der Waals surface area contributed by atoms with E-state index in [9.17, 15) is 13.2 Å². The summed E-state index contributed by atoms with van der Waals surface area (Å²) >= 11 is 1.03. The fraction of sp³-hybridized carbons (Fsp3) is 0.0833. The lowest BCUT2D eigenvalue weighted by Gasteiger charge is -2.04. The maximum Gasteiger partial charge on any atom is 0.228 e. The molecule has 0 atom stereocenters. The molecular weight excluding hydrogens is 430 g/mol. The molecule has 0 aliphatic heterocycles. The van der Waals surface area contributed by atoms with E-state index in [1.807, 2.05) is 31.2 Å². The van der Waals surface area contributed by atoms with Crippen molar-refractivity contribution in [2.45, 2.75) is 21.9 Å². The van der Waals surface area contributed by atoms with Crippen molar-refractivity contribution >= 4 is 27.4 Å². The number of rotatable bonds is 7. The van der Waals surface area contributed by atoms with E-state index in [-0.39, 0.29) is 32.4 Å². The van der Waals surface area contributed by atoms with E-state index in [0.717, 1.165) is 17.3 Å². The highest BCUT2D eigenvalue weighted by Crippen LogP contribution is 2.35. The van der Waals surface area contributed by atoms with Crippen molar-refractivity contribution in [3.63, 3.8) is 0 Å². The first-order chi connectivity index (χ1) is 14.9. The lowest BCUT2D eigenvalue weighted by atomic mass is 10.2. The SMILES string of the molecule is Cc1ccc(S(=O)(=O)c2nc(-c3ccccc3)oc2SCC(=O)c2ccccc2)cc1. The maximum atomic E-state index is 13.3. The van der Waals surface area contributed by atoms with Gasteiger partial charge in [0.25, 0.3) is 0 Å². The van der Waals surface area contributed by atoms with Gasteiger partial charge in [-0.3, -0.25) is 4.79 Å². The third kappa shape index (κ3) is 4.62. The lowest BCUT2D eigenvalue weighted by molar-refractivity contribution is 0.102. The third-order valence-electron chi connectivity index (χ3n) is 4.60. The number of aromatic nitrogens is 1. The number of nitrogens with zero attached hydrogens (tertiary/aromatic N) is 1. The molecule has 0 N–H and O–H groups in total. The molecule has 5 nitrogen and oxygen atoms in total. The van der Waals surface area contributed by atoms with Crippen molar-refractivity contribution in [3.8, 4) is 11.5 Å². The highest BCUT2D eigenvalue weighted by Gasteiger charge is 2.29. The molecule has 1 heterocycles. The standard InChI is InChI=1S/C24H19NO4S2/c1-17-12-14-20(15-13-17)31(27,28)23-24(29-22(25-23)19-10-6-3-7-11-19)30-16-21(26)18-8-4-2-5-9-18/h2-15H,16H2,1H3. The van der Waals surface area contributed by atoms with Crippen LogP contribution in [0.4, 0.5) is 0 Å². The van der Waals surface area contributed by atoms with Crippen LogP contribution in [0.5, 0.6) is 0 Å². The van der Waals surface area contributed by atoms with Crippen molar-refractivity contribution in [2.24, 2.45) is 0 Å². The molecule has 31 heavy (non-hydrogen) atoms. The van der Waals surface area contributed by atoms with Crippen LogP contribution in [-0.2, 0) is 9.84 Å². The zero-order valence-electron chi connectivity index (χ0n) is 16.7. The number of sulfone groups is 1. The fourth-order valence-corrected chi connectivity index (χ4v) is 5.35. The lowest BCUT2D eigenvalue weighted by Crippen LogP contribution is -2.06. The third-order valence-corrected chi connectivity index (χ3v) is 7.36. The summed E-state index contributed by atoms with van der Waals surface area (Å²) in [5.74, 6) is 0.104. The zero-order valence-corrected chi connectivity index (χ0v) is 18.3. The monoisotopic (exact) mass is 449 g/mol. The van der Waals surface area contributed by atoms with E-state index in [1.165, 1.54) is 0 Å². The first kappa shape index (κ1) is 21.1. The summed E-state index contributed by atoms with van der Waals surface area (Å²) in [4.78, 5) is 17.0. The summed E-state index contributed by atoms with van der Waals surface area (Å²) in [6.45, 7) is 1.89. The van der Waals surface area contributed by atoms with Gasteiger partial charge in [0.05, 0.1) is 10.6 Å². The minimum absolute atomic E-state index is 0.0316. The van der Waals surface area contributed by atoms with Crippen molar-refractivity contribution in [1.29, 1.82) is 0 Å². The Kier molecular flexibility index (Phi) is 6.06. The number of thioether (sulfide) groups is 1. The number of oxazole rings is 1. The zero-order chi connectivity index (χ0) is 21.8. The minimum atomic E-state index is -3.92. The van der Waals surface area contributed by atoms with Gasteiger partial charge in [0.15, 0.2) is 5.78 Å². The van der Waals surface area contributed by atoms with Crippen molar-refractivity contribution in [2.75, 3.05) is 5.75 Å². The Balaban J connectivity index is 1.71. The average molecular weight is 450 g/mol. The van der Waals surface area contributed by atoms with Gasteiger partial charge in [-0.05, 0) is 31.2 Å². The second kappa shape index (κ2) is 8.91. The van der Waals surface area contributed by atoms with Gasteiger partial charge in [0, 0.05) is 11.1 Å². The van der Waals surface area contributed by atoms with Gasteiger partial charge < -0.3 is 4.42 Å². The highest BCUT2D eigenvalue weighted by molar-refractivity contribution is 8.00. The van der Waals surface area contributed by atoms with Crippen LogP contribution < -0.4 is 0 Å². The average Bonchev–Trinajstić information content (AvgIpc) is 3.24. The van der Waals surface area contributed by atoms with Crippen LogP contribution in [0.3, 0.4) is 0 Å². The second-order valence-electron chi connectivity index (χ2n) is 6.87. The number of ketones is 1. The molecule has 4 rings (SSSR count). The summed E-state index contributed by atoms with van der Waals surface area (Å²) in [5, 5.41) is -0.0789. The number of carbonyl (C=O) groups is 1. The number of hydrogen-bond acceptors (Lipinski definition) is 6. The predicted octanol–water partition coefficient (Wildman–Crippen LogP) is 5.46. The van der Waals surface area contributed by atoms with E-state index in [1.54, 1.807) is 60.7 Å². The molecule has 0 saturated carbocycles. The fourth-order valence-electron chi connectivity index (χ4n) is 2.92. The number of carbonyl (C=O) groups excluding carboxylic acids is 1. The Labute approximate surface area is 185 Å². The molecule has 0 saturated heterocycles. The summed E-state index contributed by atoms with van der Waals surface area (Å²) in [6, 6.07) is 24.5. The van der Waals surface area contributed by atoms with Gasteiger partial charge in [-0.25, -0.2) is 8.42 Å². The number of aryl methyl sites for hydroxylation is 1. The maximum absolute atomic E-state index is 13.3. The molecular formula is C24H19NO4S2. The molecule has 0 unspecified atom stereocenters. The van der Waals surface area contributed by atoms with Gasteiger partial charge >= 0.3 is 0 Å². The Hall–Kier alpha value is -3.16. The number of hydrogen-bond donors (Lipinski definition) is 0. The van der Waals surface area contributed by atoms with Crippen LogP contribution in [0, 0.1) is 6.92 Å². The van der Waals surface area contributed by atoms with Crippen LogP contribution in [0.15, 0.2) is 104 Å². The van der Waals surface area contributed by atoms with Crippen molar-refractivity contribution in [1.82, 2.24) is 4.98 Å². The number of Topliss-reactive ketones (excluding diaryl/α,β-unsaturated/α-hetero) is 1. The molecule has 156 valence electrons. The Morgan fingerprint density at radius 1 is 0.903 bits per heavy atom. The Morgan fingerprint density at radius 2 is 1.52 bits per heavy atom. The second-order valence-corrected chi connectivity index (χ2v) is 9.69. The molecule has 3 aromatic carbocycles. The molecule has 4 aromatic rings. The first-order valence-corrected chi connectivity index (χ1v) is 12.0. The Bertz CT molecular complexity index is 1300. The summed E-state index contributed by atoms with van der Waals surface area (Å²) in [7, 11) is -3.92. The largest absolute Gasteiger partial charge is 0.428 e. The molecule has 0 fully saturated rings. The molecule has 0 aliphatic rings. The molecule has 0 spiro atoms. The first-order valence-electron chi connectivity index (χ1n) is 9.54. The molecule has 0 bridgehead atoms. The summed E-state index contributed by atoms with van der Waals surface area (Å²) in [5.41, 5.74) is 2.16. The van der Waals surface area contributed by atoms with E-state index >= 15 is 0 Å². The van der Waals surface area contributed by atoms with Gasteiger partial charge in [-0.2, -0.15) is 4.98 Å². The molecule has 0 amide bonds. The van der Waals surface area contributed by atoms with E-state index in [4.69, 9.17) is 4.42 Å². The molecule has 1 aromatic heterocycles.